The maximum absolute atomic E-state index is 13.7. The lowest BCUT2D eigenvalue weighted by atomic mass is 10.1. The van der Waals surface area contributed by atoms with E-state index in [2.05, 4.69) is 10.3 Å². The number of benzene rings is 5. The second-order valence-electron chi connectivity index (χ2n) is 10.2. The number of methoxy groups -OCH3 is 1. The van der Waals surface area contributed by atoms with Gasteiger partial charge in [-0.15, -0.1) is 0 Å². The molecule has 232 valence electrons. The lowest BCUT2D eigenvalue weighted by Gasteiger charge is -2.24. The van der Waals surface area contributed by atoms with Gasteiger partial charge in [-0.05, 0) is 71.8 Å². The number of nitrogens with zero attached hydrogens (tertiary/aromatic N) is 2. The van der Waals surface area contributed by atoms with Gasteiger partial charge in [-0.25, -0.2) is 23.3 Å². The smallest absolute Gasteiger partial charge is 0.326 e. The Hall–Kier alpha value is -5.36. The number of hydrogen-bond acceptors (Lipinski definition) is 5. The van der Waals surface area contributed by atoms with Crippen LogP contribution in [0.15, 0.2) is 137 Å². The molecule has 9 nitrogen and oxygen atoms in total. The highest BCUT2D eigenvalue weighted by atomic mass is 32.2. The molecule has 0 aliphatic rings. The molecule has 46 heavy (non-hydrogen) atoms. The number of carbonyl (C=O) groups excluding carboxylic acids is 1. The highest BCUT2D eigenvalue weighted by molar-refractivity contribution is 7.89. The largest absolute Gasteiger partial charge is 0.497 e. The summed E-state index contributed by atoms with van der Waals surface area (Å²) in [5.74, 6) is 0.966. The number of urea groups is 1. The van der Waals surface area contributed by atoms with Crippen molar-refractivity contribution in [1.29, 1.82) is 0 Å². The predicted octanol–water partition coefficient (Wildman–Crippen LogP) is 6.33. The number of amidine groups is 1. The summed E-state index contributed by atoms with van der Waals surface area (Å²) in [5, 5.41) is 8.35. The van der Waals surface area contributed by atoms with Crippen LogP contribution in [0.4, 0.5) is 16.2 Å². The third kappa shape index (κ3) is 7.83. The maximum atomic E-state index is 13.7. The molecule has 5 N–H and O–H groups in total. The van der Waals surface area contributed by atoms with Crippen molar-refractivity contribution < 1.29 is 17.9 Å². The van der Waals surface area contributed by atoms with Crippen LogP contribution in [0.2, 0.25) is 0 Å². The first-order valence-electron chi connectivity index (χ1n) is 14.1. The van der Waals surface area contributed by atoms with E-state index in [1.807, 2.05) is 66.7 Å². The van der Waals surface area contributed by atoms with Gasteiger partial charge in [0.25, 0.3) is 0 Å². The van der Waals surface area contributed by atoms with E-state index in [-0.39, 0.29) is 23.3 Å². The zero-order valence-electron chi connectivity index (χ0n) is 24.8. The molecular weight excluding hydrogens is 619 g/mol. The number of amides is 2. The third-order valence-electron chi connectivity index (χ3n) is 7.08. The van der Waals surface area contributed by atoms with Crippen LogP contribution in [0.5, 0.6) is 5.75 Å². The van der Waals surface area contributed by atoms with Gasteiger partial charge in [-0.1, -0.05) is 78.9 Å². The number of thiocarbonyl (C=S) groups is 1. The number of aliphatic imine (C=N–C) groups is 1. The normalized spacial score (nSPS) is 11.5. The molecule has 0 fully saturated rings. The monoisotopic (exact) mass is 649 g/mol. The lowest BCUT2D eigenvalue weighted by Crippen LogP contribution is -2.34. The number of anilines is 2. The van der Waals surface area contributed by atoms with Crippen LogP contribution in [0.3, 0.4) is 0 Å². The van der Waals surface area contributed by atoms with Crippen LogP contribution >= 0.6 is 12.2 Å². The number of para-hydroxylation sites is 1. The van der Waals surface area contributed by atoms with Crippen molar-refractivity contribution in [1.82, 2.24) is 0 Å². The fraction of sp³-hybridized carbons (Fsp3) is 0.0571. The Morgan fingerprint density at radius 2 is 1.52 bits per heavy atom. The van der Waals surface area contributed by atoms with Crippen molar-refractivity contribution in [3.63, 3.8) is 0 Å². The fourth-order valence-corrected chi connectivity index (χ4v) is 5.74. The Balaban J connectivity index is 1.35. The standard InChI is InChI=1S/C35H31N5O4S2/c1-44-30-20-16-26(17-21-30)34(45)39-33(36)27-9-7-8-24(22-27)23-40(29-10-3-2-4-11-29)35(41)38-28-18-14-25(15-19-28)31-12-5-6-13-32(31)46(37,42)43/h2-22H,23H2,1H3,(H,38,41)(H2,36,39,45)(H2,37,42,43). The van der Waals surface area contributed by atoms with Gasteiger partial charge in [0.05, 0.1) is 18.6 Å². The zero-order valence-corrected chi connectivity index (χ0v) is 26.5. The molecule has 0 aromatic heterocycles. The van der Waals surface area contributed by atoms with Crippen LogP contribution in [0.1, 0.15) is 16.7 Å². The minimum absolute atomic E-state index is 0.0255. The minimum Gasteiger partial charge on any atom is -0.497 e. The number of primary sulfonamides is 1. The van der Waals surface area contributed by atoms with Gasteiger partial charge in [0.1, 0.15) is 16.6 Å². The molecule has 0 spiro atoms. The molecule has 2 amide bonds. The van der Waals surface area contributed by atoms with Crippen molar-refractivity contribution in [2.24, 2.45) is 15.9 Å². The van der Waals surface area contributed by atoms with Crippen molar-refractivity contribution in [2.45, 2.75) is 11.4 Å². The van der Waals surface area contributed by atoms with Crippen molar-refractivity contribution in [3.05, 3.63) is 144 Å². The molecule has 5 aromatic carbocycles. The Bertz CT molecular complexity index is 2000. The SMILES string of the molecule is COc1ccc(C(=S)N=C(N)c2cccc(CN(C(=O)Nc3ccc(-c4ccccc4S(N)(=O)=O)cc3)c3ccccc3)c2)cc1. The molecule has 5 rings (SSSR count). The van der Waals surface area contributed by atoms with E-state index in [4.69, 9.17) is 27.8 Å². The summed E-state index contributed by atoms with van der Waals surface area (Å²) in [5.41, 5.74) is 10.9. The number of nitrogens with one attached hydrogen (secondary N) is 1. The Morgan fingerprint density at radius 3 is 2.20 bits per heavy atom. The first kappa shape index (κ1) is 32.0. The highest BCUT2D eigenvalue weighted by Gasteiger charge is 2.18. The highest BCUT2D eigenvalue weighted by Crippen LogP contribution is 2.28. The summed E-state index contributed by atoms with van der Waals surface area (Å²) in [7, 11) is -2.32. The molecule has 0 heterocycles. The van der Waals surface area contributed by atoms with Crippen LogP contribution in [-0.4, -0.2) is 32.4 Å². The van der Waals surface area contributed by atoms with Gasteiger partial charge in [0.15, 0.2) is 0 Å². The maximum Gasteiger partial charge on any atom is 0.326 e. The van der Waals surface area contributed by atoms with Gasteiger partial charge < -0.3 is 15.8 Å². The topological polar surface area (TPSA) is 140 Å². The second kappa shape index (κ2) is 14.2. The number of sulfonamides is 1. The Morgan fingerprint density at radius 1 is 0.848 bits per heavy atom. The van der Waals surface area contributed by atoms with E-state index >= 15 is 0 Å². The van der Waals surface area contributed by atoms with E-state index in [9.17, 15) is 13.2 Å². The van der Waals surface area contributed by atoms with Crippen molar-refractivity contribution in [3.8, 4) is 16.9 Å². The summed E-state index contributed by atoms with van der Waals surface area (Å²) in [6, 6.07) is 37.0. The first-order chi connectivity index (χ1) is 22.1. The minimum atomic E-state index is -3.91. The Kier molecular flexibility index (Phi) is 9.87. The molecule has 0 bridgehead atoms. The molecular formula is C35H31N5O4S2. The number of ether oxygens (including phenoxy) is 1. The van der Waals surface area contributed by atoms with E-state index < -0.39 is 10.0 Å². The van der Waals surface area contributed by atoms with E-state index in [1.165, 1.54) is 6.07 Å². The molecule has 0 saturated carbocycles. The average molecular weight is 650 g/mol. The summed E-state index contributed by atoms with van der Waals surface area (Å²) >= 11 is 5.50. The van der Waals surface area contributed by atoms with Gasteiger partial charge >= 0.3 is 6.03 Å². The summed E-state index contributed by atoms with van der Waals surface area (Å²) < 4.78 is 29.4. The van der Waals surface area contributed by atoms with Gasteiger partial charge in [-0.3, -0.25) is 4.90 Å². The summed E-state index contributed by atoms with van der Waals surface area (Å²) in [4.78, 5) is 20.1. The summed E-state index contributed by atoms with van der Waals surface area (Å²) in [6.07, 6.45) is 0. The van der Waals surface area contributed by atoms with Crippen molar-refractivity contribution in [2.75, 3.05) is 17.3 Å². The van der Waals surface area contributed by atoms with Gasteiger partial charge in [-0.2, -0.15) is 0 Å². The van der Waals surface area contributed by atoms with Crippen LogP contribution < -0.4 is 25.8 Å². The van der Waals surface area contributed by atoms with E-state index in [0.717, 1.165) is 11.1 Å². The van der Waals surface area contributed by atoms with Crippen molar-refractivity contribution >= 4 is 50.5 Å². The molecule has 0 radical (unpaired) electrons. The molecule has 0 unspecified atom stereocenters. The molecule has 0 aliphatic heterocycles. The number of rotatable bonds is 9. The Labute approximate surface area is 273 Å². The average Bonchev–Trinajstić information content (AvgIpc) is 3.07. The molecule has 11 heteroatoms. The van der Waals surface area contributed by atoms with Crippen LogP contribution in [-0.2, 0) is 16.6 Å². The van der Waals surface area contributed by atoms with Crippen LogP contribution in [0.25, 0.3) is 11.1 Å². The van der Waals surface area contributed by atoms with E-state index in [0.29, 0.717) is 38.8 Å². The first-order valence-corrected chi connectivity index (χ1v) is 16.1. The summed E-state index contributed by atoms with van der Waals surface area (Å²) in [6.45, 7) is 0.236. The number of carbonyl (C=O) groups is 1. The quantitative estimate of drug-likeness (QED) is 0.0969. The molecule has 0 aliphatic carbocycles. The van der Waals surface area contributed by atoms with Gasteiger partial charge in [0, 0.05) is 28.1 Å². The third-order valence-corrected chi connectivity index (χ3v) is 8.37. The predicted molar refractivity (Wildman–Crippen MR) is 187 cm³/mol. The molecule has 5 aromatic rings. The zero-order chi connectivity index (χ0) is 32.7. The second-order valence-corrected chi connectivity index (χ2v) is 12.1. The number of hydrogen-bond donors (Lipinski definition) is 3. The lowest BCUT2D eigenvalue weighted by molar-refractivity contribution is 0.256. The number of nitrogens with two attached hydrogens (primary N) is 2. The molecule has 0 atom stereocenters. The fourth-order valence-electron chi connectivity index (χ4n) is 4.75. The van der Waals surface area contributed by atoms with Gasteiger partial charge in [0.2, 0.25) is 10.0 Å². The van der Waals surface area contributed by atoms with Crippen LogP contribution in [0, 0.1) is 0 Å². The molecule has 0 saturated heterocycles. The van der Waals surface area contributed by atoms with E-state index in [1.54, 1.807) is 66.6 Å².